The molecule has 1 rings (SSSR count). The second-order valence-corrected chi connectivity index (χ2v) is 9.94. The SMILES string of the molecule is CCCCCS(=O)(=O)CC(=O)NC1CCC(C(C)(C)CC)CC1. The zero-order valence-electron chi connectivity index (χ0n) is 15.4. The Morgan fingerprint density at radius 1 is 1.09 bits per heavy atom. The largest absolute Gasteiger partial charge is 0.352 e. The third-order valence-corrected chi connectivity index (χ3v) is 7.13. The van der Waals surface area contributed by atoms with Crippen LogP contribution in [-0.2, 0) is 14.6 Å². The molecule has 1 saturated carbocycles. The van der Waals surface area contributed by atoms with Crippen molar-refractivity contribution in [1.29, 1.82) is 0 Å². The number of rotatable bonds is 9. The second kappa shape index (κ2) is 9.05. The summed E-state index contributed by atoms with van der Waals surface area (Å²) in [5.41, 5.74) is 0.359. The molecule has 5 heteroatoms. The summed E-state index contributed by atoms with van der Waals surface area (Å²) >= 11 is 0. The van der Waals surface area contributed by atoms with Gasteiger partial charge in [0, 0.05) is 6.04 Å². The monoisotopic (exact) mass is 345 g/mol. The van der Waals surface area contributed by atoms with Gasteiger partial charge < -0.3 is 5.32 Å². The summed E-state index contributed by atoms with van der Waals surface area (Å²) in [7, 11) is -3.25. The molecule has 1 N–H and O–H groups in total. The molecule has 0 aromatic heterocycles. The van der Waals surface area contributed by atoms with E-state index in [1.54, 1.807) is 0 Å². The van der Waals surface area contributed by atoms with E-state index < -0.39 is 9.84 Å². The lowest BCUT2D eigenvalue weighted by atomic mass is 9.69. The fraction of sp³-hybridized carbons (Fsp3) is 0.944. The molecule has 1 aliphatic rings. The Bertz CT molecular complexity index is 463. The van der Waals surface area contributed by atoms with E-state index in [2.05, 4.69) is 26.1 Å². The van der Waals surface area contributed by atoms with Crippen LogP contribution in [-0.4, -0.2) is 31.9 Å². The van der Waals surface area contributed by atoms with Crippen molar-refractivity contribution in [2.24, 2.45) is 11.3 Å². The Morgan fingerprint density at radius 2 is 1.70 bits per heavy atom. The number of hydrogen-bond donors (Lipinski definition) is 1. The number of unbranched alkanes of at least 4 members (excludes halogenated alkanes) is 2. The summed E-state index contributed by atoms with van der Waals surface area (Å²) in [6.07, 6.45) is 7.89. The van der Waals surface area contributed by atoms with Crippen molar-refractivity contribution < 1.29 is 13.2 Å². The quantitative estimate of drug-likeness (QED) is 0.648. The molecular weight excluding hydrogens is 310 g/mol. The predicted molar refractivity (Wildman–Crippen MR) is 96.1 cm³/mol. The van der Waals surface area contributed by atoms with E-state index in [1.165, 1.54) is 6.42 Å². The first-order valence-electron chi connectivity index (χ1n) is 9.20. The Kier molecular flexibility index (Phi) is 8.05. The average molecular weight is 346 g/mol. The van der Waals surface area contributed by atoms with Crippen LogP contribution < -0.4 is 5.32 Å². The fourth-order valence-corrected chi connectivity index (χ4v) is 4.69. The molecule has 23 heavy (non-hydrogen) atoms. The second-order valence-electron chi connectivity index (χ2n) is 7.76. The molecule has 1 aliphatic carbocycles. The molecule has 0 spiro atoms. The number of nitrogens with one attached hydrogen (secondary N) is 1. The summed E-state index contributed by atoms with van der Waals surface area (Å²) in [5, 5.41) is 2.94. The maximum absolute atomic E-state index is 12.0. The van der Waals surface area contributed by atoms with Gasteiger partial charge in [-0.25, -0.2) is 8.42 Å². The average Bonchev–Trinajstić information content (AvgIpc) is 2.47. The Morgan fingerprint density at radius 3 is 2.22 bits per heavy atom. The Labute approximate surface area is 142 Å². The van der Waals surface area contributed by atoms with E-state index in [4.69, 9.17) is 0 Å². The molecule has 0 aliphatic heterocycles. The predicted octanol–water partition coefficient (Wildman–Crippen LogP) is 3.70. The van der Waals surface area contributed by atoms with Crippen LogP contribution in [0.1, 0.15) is 79.1 Å². The van der Waals surface area contributed by atoms with Gasteiger partial charge in [-0.1, -0.05) is 47.0 Å². The maximum atomic E-state index is 12.0. The molecule has 0 unspecified atom stereocenters. The Hall–Kier alpha value is -0.580. The maximum Gasteiger partial charge on any atom is 0.235 e. The van der Waals surface area contributed by atoms with Crippen LogP contribution in [0.15, 0.2) is 0 Å². The van der Waals surface area contributed by atoms with Gasteiger partial charge in [-0.2, -0.15) is 0 Å². The van der Waals surface area contributed by atoms with Gasteiger partial charge in [0.15, 0.2) is 9.84 Å². The minimum absolute atomic E-state index is 0.131. The smallest absolute Gasteiger partial charge is 0.235 e. The summed E-state index contributed by atoms with van der Waals surface area (Å²) in [5.74, 6) is 0.168. The molecule has 0 aromatic carbocycles. The molecule has 0 saturated heterocycles. The number of carbonyl (C=O) groups excluding carboxylic acids is 1. The zero-order valence-corrected chi connectivity index (χ0v) is 16.2. The zero-order chi connectivity index (χ0) is 17.5. The first-order chi connectivity index (χ1) is 10.7. The van der Waals surface area contributed by atoms with Gasteiger partial charge >= 0.3 is 0 Å². The first kappa shape index (κ1) is 20.5. The van der Waals surface area contributed by atoms with Crippen LogP contribution in [0.2, 0.25) is 0 Å². The topological polar surface area (TPSA) is 63.2 Å². The molecule has 0 bridgehead atoms. The number of hydrogen-bond acceptors (Lipinski definition) is 3. The standard InChI is InChI=1S/C18H35NO3S/c1-5-7-8-13-23(21,22)14-17(20)19-16-11-9-15(10-12-16)18(3,4)6-2/h15-16H,5-14H2,1-4H3,(H,19,20). The molecule has 0 atom stereocenters. The van der Waals surface area contributed by atoms with E-state index in [0.717, 1.165) is 38.5 Å². The van der Waals surface area contributed by atoms with Crippen molar-refractivity contribution in [2.45, 2.75) is 85.1 Å². The van der Waals surface area contributed by atoms with Gasteiger partial charge in [-0.15, -0.1) is 0 Å². The number of sulfone groups is 1. The highest BCUT2D eigenvalue weighted by Crippen LogP contribution is 2.40. The van der Waals surface area contributed by atoms with Crippen molar-refractivity contribution in [2.75, 3.05) is 11.5 Å². The third-order valence-electron chi connectivity index (χ3n) is 5.52. The van der Waals surface area contributed by atoms with Gasteiger partial charge in [0.2, 0.25) is 5.91 Å². The van der Waals surface area contributed by atoms with E-state index in [9.17, 15) is 13.2 Å². The van der Waals surface area contributed by atoms with E-state index in [-0.39, 0.29) is 23.5 Å². The van der Waals surface area contributed by atoms with Crippen LogP contribution >= 0.6 is 0 Å². The van der Waals surface area contributed by atoms with Gasteiger partial charge in [-0.05, 0) is 43.4 Å². The first-order valence-corrected chi connectivity index (χ1v) is 11.0. The molecule has 0 radical (unpaired) electrons. The van der Waals surface area contributed by atoms with Crippen LogP contribution in [0.5, 0.6) is 0 Å². The highest BCUT2D eigenvalue weighted by atomic mass is 32.2. The summed E-state index contributed by atoms with van der Waals surface area (Å²) in [6, 6.07) is 0.150. The lowest BCUT2D eigenvalue weighted by molar-refractivity contribution is -0.119. The minimum Gasteiger partial charge on any atom is -0.352 e. The molecule has 4 nitrogen and oxygen atoms in total. The van der Waals surface area contributed by atoms with E-state index >= 15 is 0 Å². The summed E-state index contributed by atoms with van der Waals surface area (Å²) < 4.78 is 23.8. The Balaban J connectivity index is 2.37. The summed E-state index contributed by atoms with van der Waals surface area (Å²) in [4.78, 5) is 12.0. The van der Waals surface area contributed by atoms with Crippen LogP contribution in [0.25, 0.3) is 0 Å². The van der Waals surface area contributed by atoms with Crippen molar-refractivity contribution >= 4 is 15.7 Å². The number of amides is 1. The number of carbonyl (C=O) groups is 1. The normalized spacial score (nSPS) is 22.8. The van der Waals surface area contributed by atoms with Crippen LogP contribution in [0.3, 0.4) is 0 Å². The molecule has 1 amide bonds. The lowest BCUT2D eigenvalue weighted by Crippen LogP contribution is -2.42. The molecule has 0 aromatic rings. The van der Waals surface area contributed by atoms with Crippen molar-refractivity contribution in [3.05, 3.63) is 0 Å². The van der Waals surface area contributed by atoms with Crippen molar-refractivity contribution in [3.63, 3.8) is 0 Å². The minimum atomic E-state index is -3.25. The van der Waals surface area contributed by atoms with Crippen LogP contribution in [0.4, 0.5) is 0 Å². The molecule has 136 valence electrons. The van der Waals surface area contributed by atoms with Gasteiger partial charge in [0.05, 0.1) is 5.75 Å². The van der Waals surface area contributed by atoms with Gasteiger partial charge in [0.25, 0.3) is 0 Å². The summed E-state index contributed by atoms with van der Waals surface area (Å²) in [6.45, 7) is 8.91. The molecular formula is C18H35NO3S. The highest BCUT2D eigenvalue weighted by Gasteiger charge is 2.32. The fourth-order valence-electron chi connectivity index (χ4n) is 3.42. The lowest BCUT2D eigenvalue weighted by Gasteiger charge is -2.39. The van der Waals surface area contributed by atoms with Crippen LogP contribution in [0, 0.1) is 11.3 Å². The van der Waals surface area contributed by atoms with Gasteiger partial charge in [0.1, 0.15) is 5.75 Å². The molecule has 0 heterocycles. The van der Waals surface area contributed by atoms with E-state index in [0.29, 0.717) is 17.8 Å². The van der Waals surface area contributed by atoms with Gasteiger partial charge in [-0.3, -0.25) is 4.79 Å². The highest BCUT2D eigenvalue weighted by molar-refractivity contribution is 7.92. The molecule has 1 fully saturated rings. The van der Waals surface area contributed by atoms with E-state index in [1.807, 2.05) is 6.92 Å². The van der Waals surface area contributed by atoms with Crippen molar-refractivity contribution in [1.82, 2.24) is 5.32 Å². The van der Waals surface area contributed by atoms with Crippen molar-refractivity contribution in [3.8, 4) is 0 Å². The third kappa shape index (κ3) is 7.23.